The lowest BCUT2D eigenvalue weighted by atomic mass is 9.68. The number of ether oxygens (including phenoxy) is 1. The number of hydrogen-bond acceptors (Lipinski definition) is 5. The Morgan fingerprint density at radius 3 is 2.23 bits per heavy atom. The summed E-state index contributed by atoms with van der Waals surface area (Å²) in [5.41, 5.74) is 2.74. The molecule has 35 heavy (non-hydrogen) atoms. The van der Waals surface area contributed by atoms with E-state index in [0.717, 1.165) is 57.5 Å². The third-order valence-corrected chi connectivity index (χ3v) is 8.68. The molecule has 192 valence electrons. The molecule has 2 aromatic carbocycles. The van der Waals surface area contributed by atoms with Crippen LogP contribution in [0.2, 0.25) is 0 Å². The highest BCUT2D eigenvalue weighted by Crippen LogP contribution is 2.49. The van der Waals surface area contributed by atoms with E-state index in [1.54, 1.807) is 7.11 Å². The van der Waals surface area contributed by atoms with Crippen LogP contribution in [0.5, 0.6) is 5.75 Å². The van der Waals surface area contributed by atoms with E-state index >= 15 is 0 Å². The van der Waals surface area contributed by atoms with Crippen molar-refractivity contribution >= 4 is 0 Å². The first-order valence-corrected chi connectivity index (χ1v) is 13.5. The van der Waals surface area contributed by atoms with E-state index in [-0.39, 0.29) is 11.1 Å². The average molecular weight is 480 g/mol. The molecule has 5 nitrogen and oxygen atoms in total. The number of nitrogens with zero attached hydrogens (tertiary/aromatic N) is 3. The molecular formula is C30H45N3O2. The summed E-state index contributed by atoms with van der Waals surface area (Å²) < 4.78 is 5.33. The first-order valence-electron chi connectivity index (χ1n) is 13.5. The van der Waals surface area contributed by atoms with Crippen LogP contribution in [0.1, 0.15) is 69.4 Å². The topological polar surface area (TPSA) is 39.2 Å². The Kier molecular flexibility index (Phi) is 8.54. The van der Waals surface area contributed by atoms with Crippen LogP contribution in [0.4, 0.5) is 0 Å². The third-order valence-electron chi connectivity index (χ3n) is 8.68. The Bertz CT molecular complexity index is 907. The summed E-state index contributed by atoms with van der Waals surface area (Å²) in [5, 5.41) is 11.6. The smallest absolute Gasteiger partial charge is 0.166 e. The monoisotopic (exact) mass is 479 g/mol. The van der Waals surface area contributed by atoms with E-state index in [2.05, 4.69) is 78.2 Å². The molecule has 1 unspecified atom stereocenters. The molecule has 2 fully saturated rings. The molecule has 0 radical (unpaired) electrons. The summed E-state index contributed by atoms with van der Waals surface area (Å²) in [6.07, 6.45) is 8.79. The van der Waals surface area contributed by atoms with Gasteiger partial charge in [-0.3, -0.25) is 14.7 Å². The van der Waals surface area contributed by atoms with Gasteiger partial charge in [0.15, 0.2) is 6.35 Å². The van der Waals surface area contributed by atoms with Gasteiger partial charge >= 0.3 is 0 Å². The van der Waals surface area contributed by atoms with Crippen LogP contribution < -0.4 is 4.74 Å². The van der Waals surface area contributed by atoms with E-state index in [4.69, 9.17) is 4.74 Å². The van der Waals surface area contributed by atoms with Crippen molar-refractivity contribution in [3.05, 3.63) is 65.7 Å². The molecule has 1 atom stereocenters. The second kappa shape index (κ2) is 11.4. The number of aliphatic hydroxyl groups excluding tert-OH is 1. The van der Waals surface area contributed by atoms with E-state index in [0.29, 0.717) is 0 Å². The Balaban J connectivity index is 1.54. The number of benzene rings is 2. The molecule has 1 aliphatic heterocycles. The predicted molar refractivity (Wildman–Crippen MR) is 143 cm³/mol. The molecule has 0 amide bonds. The van der Waals surface area contributed by atoms with Crippen LogP contribution >= 0.6 is 0 Å². The quantitative estimate of drug-likeness (QED) is 0.460. The maximum Gasteiger partial charge on any atom is 0.166 e. The highest BCUT2D eigenvalue weighted by molar-refractivity contribution is 5.28. The van der Waals surface area contributed by atoms with Gasteiger partial charge in [0.05, 0.1) is 7.11 Å². The molecule has 1 heterocycles. The number of hydrogen-bond donors (Lipinski definition) is 1. The second-order valence-corrected chi connectivity index (χ2v) is 10.9. The van der Waals surface area contributed by atoms with Crippen molar-refractivity contribution in [3.8, 4) is 5.75 Å². The Labute approximate surface area is 212 Å². The Morgan fingerprint density at radius 2 is 1.63 bits per heavy atom. The van der Waals surface area contributed by atoms with Gasteiger partial charge < -0.3 is 9.84 Å². The van der Waals surface area contributed by atoms with Crippen molar-refractivity contribution in [2.75, 3.05) is 34.3 Å². The third kappa shape index (κ3) is 5.43. The first-order chi connectivity index (χ1) is 16.9. The van der Waals surface area contributed by atoms with E-state index in [1.807, 2.05) is 12.1 Å². The largest absolute Gasteiger partial charge is 0.497 e. The molecule has 1 N–H and O–H groups in total. The van der Waals surface area contributed by atoms with Crippen LogP contribution in [0.3, 0.4) is 0 Å². The van der Waals surface area contributed by atoms with Gasteiger partial charge in [-0.1, -0.05) is 68.7 Å². The summed E-state index contributed by atoms with van der Waals surface area (Å²) in [4.78, 5) is 7.17. The van der Waals surface area contributed by atoms with Gasteiger partial charge in [-0.05, 0) is 69.5 Å². The van der Waals surface area contributed by atoms with Crippen LogP contribution in [-0.2, 0) is 12.1 Å². The molecule has 2 aliphatic rings. The average Bonchev–Trinajstić information content (AvgIpc) is 3.13. The number of unbranched alkanes of at least 4 members (excludes halogenated alkanes) is 3. The highest BCUT2D eigenvalue weighted by atomic mass is 16.5. The van der Waals surface area contributed by atoms with Gasteiger partial charge in [-0.25, -0.2) is 0 Å². The normalized spacial score (nSPS) is 27.7. The molecule has 1 spiro atoms. The maximum atomic E-state index is 11.6. The lowest BCUT2D eigenvalue weighted by Gasteiger charge is -2.51. The van der Waals surface area contributed by atoms with Crippen LogP contribution in [0.15, 0.2) is 54.6 Å². The van der Waals surface area contributed by atoms with E-state index < -0.39 is 6.35 Å². The zero-order valence-electron chi connectivity index (χ0n) is 22.2. The summed E-state index contributed by atoms with van der Waals surface area (Å²) in [6.45, 7) is 4.91. The minimum Gasteiger partial charge on any atom is -0.497 e. The fourth-order valence-corrected chi connectivity index (χ4v) is 6.47. The van der Waals surface area contributed by atoms with Crippen LogP contribution in [0, 0.1) is 0 Å². The van der Waals surface area contributed by atoms with Crippen molar-refractivity contribution in [3.63, 3.8) is 0 Å². The molecule has 1 saturated heterocycles. The molecule has 2 aromatic rings. The van der Waals surface area contributed by atoms with Crippen molar-refractivity contribution < 1.29 is 9.84 Å². The number of rotatable bonds is 10. The SMILES string of the molecule is CCCCCCN1C(O)N(Cc2ccc(OC)cc2)CC12CCC(c1ccccc1)(N(C)C)CC2. The number of methoxy groups -OCH3 is 1. The van der Waals surface area contributed by atoms with Crippen molar-refractivity contribution in [1.82, 2.24) is 14.7 Å². The summed E-state index contributed by atoms with van der Waals surface area (Å²) in [6, 6.07) is 19.3. The van der Waals surface area contributed by atoms with Gasteiger partial charge in [-0.2, -0.15) is 0 Å². The van der Waals surface area contributed by atoms with Crippen LogP contribution in [-0.4, -0.2) is 66.0 Å². The van der Waals surface area contributed by atoms with Gasteiger partial charge in [0.25, 0.3) is 0 Å². The predicted octanol–water partition coefficient (Wildman–Crippen LogP) is 5.44. The fraction of sp³-hybridized carbons (Fsp3) is 0.600. The van der Waals surface area contributed by atoms with Crippen molar-refractivity contribution in [2.24, 2.45) is 0 Å². The molecule has 4 rings (SSSR count). The molecule has 1 saturated carbocycles. The molecule has 0 bridgehead atoms. The highest BCUT2D eigenvalue weighted by Gasteiger charge is 2.54. The van der Waals surface area contributed by atoms with Gasteiger partial charge in [-0.15, -0.1) is 0 Å². The first kappa shape index (κ1) is 26.2. The molecule has 1 aliphatic carbocycles. The Hall–Kier alpha value is -1.92. The van der Waals surface area contributed by atoms with Crippen molar-refractivity contribution in [2.45, 2.75) is 82.3 Å². The van der Waals surface area contributed by atoms with Crippen molar-refractivity contribution in [1.29, 1.82) is 0 Å². The lowest BCUT2D eigenvalue weighted by molar-refractivity contribution is -0.0941. The maximum absolute atomic E-state index is 11.6. The van der Waals surface area contributed by atoms with E-state index in [1.165, 1.54) is 30.4 Å². The van der Waals surface area contributed by atoms with Gasteiger partial charge in [0.1, 0.15) is 5.75 Å². The molecular weight excluding hydrogens is 434 g/mol. The summed E-state index contributed by atoms with van der Waals surface area (Å²) in [5.74, 6) is 0.873. The second-order valence-electron chi connectivity index (χ2n) is 10.9. The zero-order chi connectivity index (χ0) is 24.9. The van der Waals surface area contributed by atoms with Crippen LogP contribution in [0.25, 0.3) is 0 Å². The minimum atomic E-state index is -0.526. The minimum absolute atomic E-state index is 0.0341. The van der Waals surface area contributed by atoms with Gasteiger partial charge in [0, 0.05) is 30.7 Å². The van der Waals surface area contributed by atoms with E-state index in [9.17, 15) is 5.11 Å². The molecule has 0 aromatic heterocycles. The van der Waals surface area contributed by atoms with Gasteiger partial charge in [0.2, 0.25) is 0 Å². The summed E-state index contributed by atoms with van der Waals surface area (Å²) >= 11 is 0. The molecule has 5 heteroatoms. The fourth-order valence-electron chi connectivity index (χ4n) is 6.47. The standard InChI is InChI=1S/C30H45N3O2/c1-5-6-7-11-22-33-28(34)32(23-25-14-16-27(35-4)17-15-25)24-29(33)18-20-30(21-19-29,31(2)3)26-12-9-8-10-13-26/h8-10,12-17,28,34H,5-7,11,18-24H2,1-4H3. The summed E-state index contributed by atoms with van der Waals surface area (Å²) in [7, 11) is 6.16. The Morgan fingerprint density at radius 1 is 0.943 bits per heavy atom. The number of aliphatic hydroxyl groups is 1. The zero-order valence-corrected chi connectivity index (χ0v) is 22.2. The lowest BCUT2D eigenvalue weighted by Crippen LogP contribution is -2.56.